The molecule has 0 spiro atoms. The monoisotopic (exact) mass is 191 g/mol. The number of aromatic amines is 1. The molecule has 0 fully saturated rings. The molecule has 0 bridgehead atoms. The van der Waals surface area contributed by atoms with E-state index in [0.717, 1.165) is 0 Å². The van der Waals surface area contributed by atoms with E-state index in [1.54, 1.807) is 0 Å². The van der Waals surface area contributed by atoms with Gasteiger partial charge in [-0.3, -0.25) is 9.97 Å². The van der Waals surface area contributed by atoms with E-state index in [9.17, 15) is 4.79 Å². The molecule has 2 N–H and O–H groups in total. The van der Waals surface area contributed by atoms with Gasteiger partial charge < -0.3 is 5.11 Å². The van der Waals surface area contributed by atoms with E-state index in [-0.39, 0.29) is 11.4 Å². The fraction of sp³-hybridized carbons (Fsp3) is 0. The number of nitrogens with one attached hydrogen (secondary N) is 1. The highest BCUT2D eigenvalue weighted by Gasteiger charge is 2.17. The Morgan fingerprint density at radius 1 is 1.36 bits per heavy atom. The zero-order chi connectivity index (χ0) is 9.97. The number of nitrogens with zero attached hydrogens (tertiary/aromatic N) is 4. The molecule has 7 heteroatoms. The van der Waals surface area contributed by atoms with E-state index in [1.165, 1.54) is 18.6 Å². The van der Waals surface area contributed by atoms with Gasteiger partial charge in [-0.25, -0.2) is 4.79 Å². The van der Waals surface area contributed by atoms with Crippen LogP contribution in [0.15, 0.2) is 18.6 Å². The summed E-state index contributed by atoms with van der Waals surface area (Å²) in [6.45, 7) is 0. The molecule has 0 aromatic carbocycles. The predicted molar refractivity (Wildman–Crippen MR) is 44.4 cm³/mol. The molecule has 0 atom stereocenters. The second-order valence-electron chi connectivity index (χ2n) is 2.42. The summed E-state index contributed by atoms with van der Waals surface area (Å²) in [4.78, 5) is 18.4. The average molecular weight is 191 g/mol. The number of carbonyl (C=O) groups is 1. The largest absolute Gasteiger partial charge is 0.476 e. The van der Waals surface area contributed by atoms with Gasteiger partial charge in [-0.15, -0.1) is 5.10 Å². The van der Waals surface area contributed by atoms with Crippen LogP contribution in [-0.2, 0) is 0 Å². The summed E-state index contributed by atoms with van der Waals surface area (Å²) >= 11 is 0. The number of aromatic carboxylic acids is 1. The Morgan fingerprint density at radius 2 is 2.21 bits per heavy atom. The van der Waals surface area contributed by atoms with Gasteiger partial charge in [0.05, 0.1) is 6.20 Å². The van der Waals surface area contributed by atoms with Gasteiger partial charge in [-0.05, 0) is 0 Å². The maximum atomic E-state index is 10.7. The van der Waals surface area contributed by atoms with Gasteiger partial charge in [0, 0.05) is 12.4 Å². The van der Waals surface area contributed by atoms with E-state index in [4.69, 9.17) is 5.11 Å². The minimum absolute atomic E-state index is 0.162. The molecule has 0 aliphatic carbocycles. The van der Waals surface area contributed by atoms with Crippen molar-refractivity contribution in [2.24, 2.45) is 0 Å². The smallest absolute Gasteiger partial charge is 0.358 e. The number of hydrogen-bond donors (Lipinski definition) is 2. The highest BCUT2D eigenvalue weighted by molar-refractivity contribution is 5.91. The maximum Gasteiger partial charge on any atom is 0.358 e. The van der Waals surface area contributed by atoms with Crippen LogP contribution in [0.1, 0.15) is 10.5 Å². The Hall–Kier alpha value is -2.31. The quantitative estimate of drug-likeness (QED) is 0.690. The van der Waals surface area contributed by atoms with Gasteiger partial charge in [0.25, 0.3) is 0 Å². The Bertz CT molecular complexity index is 452. The average Bonchev–Trinajstić information content (AvgIpc) is 2.67. The molecule has 2 aromatic rings. The van der Waals surface area contributed by atoms with Crippen LogP contribution in [0.5, 0.6) is 0 Å². The summed E-state index contributed by atoms with van der Waals surface area (Å²) in [7, 11) is 0. The van der Waals surface area contributed by atoms with Crippen molar-refractivity contribution in [2.75, 3.05) is 0 Å². The van der Waals surface area contributed by atoms with Crippen LogP contribution in [0.3, 0.4) is 0 Å². The molecule has 14 heavy (non-hydrogen) atoms. The Kier molecular flexibility index (Phi) is 1.90. The molecule has 2 aromatic heterocycles. The molecule has 0 saturated carbocycles. The van der Waals surface area contributed by atoms with Gasteiger partial charge >= 0.3 is 5.97 Å². The summed E-state index contributed by atoms with van der Waals surface area (Å²) < 4.78 is 0. The van der Waals surface area contributed by atoms with Gasteiger partial charge in [-0.1, -0.05) is 0 Å². The Morgan fingerprint density at radius 3 is 2.86 bits per heavy atom. The van der Waals surface area contributed by atoms with Crippen LogP contribution in [0.25, 0.3) is 11.4 Å². The molecule has 2 rings (SSSR count). The van der Waals surface area contributed by atoms with Crippen molar-refractivity contribution in [1.82, 2.24) is 25.4 Å². The van der Waals surface area contributed by atoms with Crippen molar-refractivity contribution >= 4 is 5.97 Å². The predicted octanol–water partition coefficient (Wildman–Crippen LogP) is -0.0401. The lowest BCUT2D eigenvalue weighted by atomic mass is 10.2. The van der Waals surface area contributed by atoms with Crippen LogP contribution in [0.4, 0.5) is 0 Å². The molecule has 0 unspecified atom stereocenters. The zero-order valence-corrected chi connectivity index (χ0v) is 6.88. The second kappa shape index (κ2) is 3.21. The molecule has 0 radical (unpaired) electrons. The molecule has 0 amide bonds. The van der Waals surface area contributed by atoms with Crippen molar-refractivity contribution < 1.29 is 9.90 Å². The number of aromatic nitrogens is 5. The highest BCUT2D eigenvalue weighted by Crippen LogP contribution is 2.14. The number of H-pyrrole nitrogens is 1. The van der Waals surface area contributed by atoms with Crippen LogP contribution >= 0.6 is 0 Å². The Labute approximate surface area is 77.8 Å². The summed E-state index contributed by atoms with van der Waals surface area (Å²) in [6, 6.07) is 0. The third-order valence-corrected chi connectivity index (χ3v) is 1.56. The van der Waals surface area contributed by atoms with E-state index in [2.05, 4.69) is 25.4 Å². The third-order valence-electron chi connectivity index (χ3n) is 1.56. The van der Waals surface area contributed by atoms with Gasteiger partial charge in [0.15, 0.2) is 5.69 Å². The first-order valence-corrected chi connectivity index (χ1v) is 3.69. The molecule has 70 valence electrons. The molecule has 0 saturated heterocycles. The molecule has 2 heterocycles. The molecule has 0 aliphatic heterocycles. The van der Waals surface area contributed by atoms with E-state index in [1.807, 2.05) is 0 Å². The highest BCUT2D eigenvalue weighted by atomic mass is 16.4. The number of carboxylic acids is 1. The third kappa shape index (κ3) is 1.30. The molecular formula is C7H5N5O2. The minimum Gasteiger partial charge on any atom is -0.476 e. The van der Waals surface area contributed by atoms with Crippen molar-refractivity contribution in [3.8, 4) is 11.4 Å². The summed E-state index contributed by atoms with van der Waals surface area (Å²) in [5, 5.41) is 18.2. The first-order chi connectivity index (χ1) is 6.79. The number of rotatable bonds is 2. The summed E-state index contributed by atoms with van der Waals surface area (Å²) in [5.74, 6) is -1.15. The fourth-order valence-electron chi connectivity index (χ4n) is 0.980. The lowest BCUT2D eigenvalue weighted by Crippen LogP contribution is -2.00. The first kappa shape index (κ1) is 8.30. The second-order valence-corrected chi connectivity index (χ2v) is 2.42. The maximum absolute atomic E-state index is 10.7. The normalized spacial score (nSPS) is 10.0. The van der Waals surface area contributed by atoms with Crippen molar-refractivity contribution in [2.45, 2.75) is 0 Å². The fourth-order valence-corrected chi connectivity index (χ4v) is 0.980. The lowest BCUT2D eigenvalue weighted by molar-refractivity contribution is 0.0691. The number of carboxylic acid groups (broad SMARTS) is 1. The minimum atomic E-state index is -1.15. The van der Waals surface area contributed by atoms with Crippen LogP contribution < -0.4 is 0 Å². The van der Waals surface area contributed by atoms with Crippen molar-refractivity contribution in [3.05, 3.63) is 24.3 Å². The standard InChI is InChI=1S/C7H5N5O2/c13-7(14)6-5(10-12-11-6)4-3-8-1-2-9-4/h1-3H,(H,13,14)(H,10,11,12). The summed E-state index contributed by atoms with van der Waals surface area (Å²) in [6.07, 6.45) is 4.37. The van der Waals surface area contributed by atoms with Gasteiger partial charge in [0.1, 0.15) is 11.4 Å². The van der Waals surface area contributed by atoms with Crippen LogP contribution in [0.2, 0.25) is 0 Å². The van der Waals surface area contributed by atoms with Crippen molar-refractivity contribution in [1.29, 1.82) is 0 Å². The topological polar surface area (TPSA) is 105 Å². The molecule has 0 aliphatic rings. The molecule has 7 nitrogen and oxygen atoms in total. The van der Waals surface area contributed by atoms with Crippen LogP contribution in [-0.4, -0.2) is 36.5 Å². The van der Waals surface area contributed by atoms with Gasteiger partial charge in [-0.2, -0.15) is 10.3 Å². The van der Waals surface area contributed by atoms with Gasteiger partial charge in [0.2, 0.25) is 0 Å². The Balaban J connectivity index is 2.52. The van der Waals surface area contributed by atoms with E-state index < -0.39 is 5.97 Å². The molecular weight excluding hydrogens is 186 g/mol. The van der Waals surface area contributed by atoms with Crippen LogP contribution in [0, 0.1) is 0 Å². The lowest BCUT2D eigenvalue weighted by Gasteiger charge is -1.93. The first-order valence-electron chi connectivity index (χ1n) is 3.69. The zero-order valence-electron chi connectivity index (χ0n) is 6.88. The van der Waals surface area contributed by atoms with E-state index in [0.29, 0.717) is 5.69 Å². The van der Waals surface area contributed by atoms with E-state index >= 15 is 0 Å². The summed E-state index contributed by atoms with van der Waals surface area (Å²) in [5.41, 5.74) is 0.398. The SMILES string of the molecule is O=C(O)c1n[nH]nc1-c1cnccn1. The number of hydrogen-bond acceptors (Lipinski definition) is 5. The van der Waals surface area contributed by atoms with Crippen molar-refractivity contribution in [3.63, 3.8) is 0 Å².